The number of hydrogen-bond acceptors (Lipinski definition) is 6. The largest absolute Gasteiger partial charge is 0.379 e. The predicted molar refractivity (Wildman–Crippen MR) is 104 cm³/mol. The summed E-state index contributed by atoms with van der Waals surface area (Å²) >= 11 is 1.43. The van der Waals surface area contributed by atoms with Crippen molar-refractivity contribution in [3.63, 3.8) is 0 Å². The van der Waals surface area contributed by atoms with Crippen LogP contribution in [0.4, 0.5) is 8.78 Å². The van der Waals surface area contributed by atoms with Crippen molar-refractivity contribution < 1.29 is 13.5 Å². The molecule has 3 aliphatic rings. The van der Waals surface area contributed by atoms with Gasteiger partial charge >= 0.3 is 0 Å². The average Bonchev–Trinajstić information content (AvgIpc) is 3.45. The van der Waals surface area contributed by atoms with E-state index in [0.717, 1.165) is 18.9 Å². The van der Waals surface area contributed by atoms with E-state index in [1.54, 1.807) is 6.21 Å². The molecule has 0 amide bonds. The quantitative estimate of drug-likeness (QED) is 0.755. The van der Waals surface area contributed by atoms with Gasteiger partial charge in [-0.2, -0.15) is 0 Å². The molecule has 144 valence electrons. The summed E-state index contributed by atoms with van der Waals surface area (Å²) in [5, 5.41) is 8.70. The number of nitrogens with zero attached hydrogens (tertiary/aromatic N) is 2. The molecule has 1 aromatic rings. The molecule has 0 radical (unpaired) electrons. The first-order valence-corrected chi connectivity index (χ1v) is 10.1. The van der Waals surface area contributed by atoms with Crippen LogP contribution in [0.25, 0.3) is 0 Å². The van der Waals surface area contributed by atoms with Crippen molar-refractivity contribution in [3.05, 3.63) is 35.4 Å². The van der Waals surface area contributed by atoms with Gasteiger partial charge in [-0.3, -0.25) is 4.99 Å². The normalized spacial score (nSPS) is 30.8. The fourth-order valence-corrected chi connectivity index (χ4v) is 4.72. The summed E-state index contributed by atoms with van der Waals surface area (Å²) < 4.78 is 33.9. The van der Waals surface area contributed by atoms with Crippen LogP contribution in [-0.2, 0) is 10.3 Å². The second-order valence-corrected chi connectivity index (χ2v) is 8.37. The van der Waals surface area contributed by atoms with Crippen molar-refractivity contribution in [1.82, 2.24) is 0 Å². The Kier molecular flexibility index (Phi) is 5.03. The molecule has 0 spiro atoms. The van der Waals surface area contributed by atoms with Crippen LogP contribution in [-0.4, -0.2) is 41.6 Å². The van der Waals surface area contributed by atoms with E-state index in [4.69, 9.17) is 15.9 Å². The molecule has 1 aliphatic carbocycles. The molecule has 5 nitrogen and oxygen atoms in total. The molecule has 8 heteroatoms. The number of thioether (sulfide) groups is 1. The van der Waals surface area contributed by atoms with Crippen LogP contribution in [0.5, 0.6) is 0 Å². The maximum atomic E-state index is 14.6. The van der Waals surface area contributed by atoms with Gasteiger partial charge in [0.2, 0.25) is 0 Å². The zero-order valence-corrected chi connectivity index (χ0v) is 15.6. The highest BCUT2D eigenvalue weighted by Crippen LogP contribution is 2.46. The molecular formula is C19H22F2N4OS. The number of ether oxygens (including phenoxy) is 1. The van der Waals surface area contributed by atoms with Gasteiger partial charge in [0.25, 0.3) is 0 Å². The van der Waals surface area contributed by atoms with Gasteiger partial charge in [-0.05, 0) is 25.3 Å². The fourth-order valence-electron chi connectivity index (χ4n) is 3.71. The Bertz CT molecular complexity index is 811. The Morgan fingerprint density at radius 1 is 1.44 bits per heavy atom. The summed E-state index contributed by atoms with van der Waals surface area (Å²) in [6.45, 7) is 0.119. The lowest BCUT2D eigenvalue weighted by Crippen LogP contribution is -2.52. The Labute approximate surface area is 161 Å². The summed E-state index contributed by atoms with van der Waals surface area (Å²) in [6, 6.07) is 3.98. The van der Waals surface area contributed by atoms with E-state index in [1.807, 2.05) is 0 Å². The number of aliphatic imine (C=N–C) groups is 2. The molecule has 0 aromatic heterocycles. The predicted octanol–water partition coefficient (Wildman–Crippen LogP) is 3.27. The van der Waals surface area contributed by atoms with E-state index in [1.165, 1.54) is 23.9 Å². The van der Waals surface area contributed by atoms with Gasteiger partial charge in [0.15, 0.2) is 5.17 Å². The van der Waals surface area contributed by atoms with E-state index in [9.17, 15) is 8.78 Å². The molecule has 4 rings (SSSR count). The lowest BCUT2D eigenvalue weighted by Gasteiger charge is -2.46. The van der Waals surface area contributed by atoms with Crippen LogP contribution in [0.2, 0.25) is 0 Å². The highest BCUT2D eigenvalue weighted by atomic mass is 32.2. The first kappa shape index (κ1) is 18.6. The third kappa shape index (κ3) is 3.78. The smallest absolute Gasteiger partial charge is 0.154 e. The van der Waals surface area contributed by atoms with Gasteiger partial charge in [0.1, 0.15) is 17.2 Å². The van der Waals surface area contributed by atoms with E-state index in [-0.39, 0.29) is 18.6 Å². The number of fused-ring (bicyclic) bond motifs is 1. The van der Waals surface area contributed by atoms with Crippen LogP contribution in [0.3, 0.4) is 0 Å². The lowest BCUT2D eigenvalue weighted by molar-refractivity contribution is -0.0261. The summed E-state index contributed by atoms with van der Waals surface area (Å²) in [6.07, 6.45) is 4.74. The second-order valence-electron chi connectivity index (χ2n) is 7.33. The minimum absolute atomic E-state index is 0.0470. The zero-order valence-electron chi connectivity index (χ0n) is 14.8. The summed E-state index contributed by atoms with van der Waals surface area (Å²) in [5.74, 6) is -0.654. The monoisotopic (exact) mass is 392 g/mol. The van der Waals surface area contributed by atoms with Crippen molar-refractivity contribution in [1.29, 1.82) is 5.41 Å². The van der Waals surface area contributed by atoms with Crippen LogP contribution in [0, 0.1) is 23.0 Å². The zero-order chi connectivity index (χ0) is 19.0. The topological polar surface area (TPSA) is 83.8 Å². The molecule has 3 unspecified atom stereocenters. The molecule has 2 heterocycles. The lowest BCUT2D eigenvalue weighted by atomic mass is 9.74. The summed E-state index contributed by atoms with van der Waals surface area (Å²) in [7, 11) is 0. The van der Waals surface area contributed by atoms with Crippen LogP contribution < -0.4 is 5.73 Å². The second kappa shape index (κ2) is 7.31. The number of nitrogens with one attached hydrogen (secondary N) is 1. The molecule has 1 saturated carbocycles. The van der Waals surface area contributed by atoms with Gasteiger partial charge < -0.3 is 15.9 Å². The van der Waals surface area contributed by atoms with E-state index in [2.05, 4.69) is 9.98 Å². The van der Waals surface area contributed by atoms with Gasteiger partial charge in [-0.25, -0.2) is 13.8 Å². The van der Waals surface area contributed by atoms with Crippen molar-refractivity contribution in [2.45, 2.75) is 43.4 Å². The van der Waals surface area contributed by atoms with Crippen LogP contribution in [0.15, 0.2) is 28.2 Å². The van der Waals surface area contributed by atoms with Crippen LogP contribution in [0.1, 0.15) is 31.2 Å². The SMILES string of the molecule is N=C(CC=NC1CC1)C1CC2CSC(N)=NC2(c2ccc(F)cc2F)CO1. The molecule has 1 aromatic carbocycles. The number of hydrogen-bond donors (Lipinski definition) is 2. The molecule has 3 N–H and O–H groups in total. The van der Waals surface area contributed by atoms with Crippen LogP contribution >= 0.6 is 11.8 Å². The highest BCUT2D eigenvalue weighted by Gasteiger charge is 2.49. The summed E-state index contributed by atoms with van der Waals surface area (Å²) in [5.41, 5.74) is 5.75. The van der Waals surface area contributed by atoms with E-state index < -0.39 is 17.2 Å². The minimum Gasteiger partial charge on any atom is -0.379 e. The van der Waals surface area contributed by atoms with Gasteiger partial charge in [-0.1, -0.05) is 17.8 Å². The minimum atomic E-state index is -0.966. The number of benzene rings is 1. The highest BCUT2D eigenvalue weighted by molar-refractivity contribution is 8.13. The van der Waals surface area contributed by atoms with Crippen molar-refractivity contribution in [2.75, 3.05) is 12.4 Å². The number of halogens is 2. The van der Waals surface area contributed by atoms with E-state index >= 15 is 0 Å². The van der Waals surface area contributed by atoms with Crippen molar-refractivity contribution in [3.8, 4) is 0 Å². The third-order valence-corrected chi connectivity index (χ3v) is 6.34. The molecule has 3 atom stereocenters. The molecule has 27 heavy (non-hydrogen) atoms. The average molecular weight is 392 g/mol. The summed E-state index contributed by atoms with van der Waals surface area (Å²) in [4.78, 5) is 8.95. The Balaban J connectivity index is 1.56. The van der Waals surface area contributed by atoms with Gasteiger partial charge in [0, 0.05) is 47.7 Å². The first-order chi connectivity index (χ1) is 13.0. The Morgan fingerprint density at radius 3 is 3.00 bits per heavy atom. The molecule has 0 bridgehead atoms. The van der Waals surface area contributed by atoms with Gasteiger partial charge in [-0.15, -0.1) is 0 Å². The molecule has 1 saturated heterocycles. The first-order valence-electron chi connectivity index (χ1n) is 9.12. The number of amidine groups is 1. The number of nitrogens with two attached hydrogens (primary N) is 1. The Morgan fingerprint density at radius 2 is 2.26 bits per heavy atom. The third-order valence-electron chi connectivity index (χ3n) is 5.38. The fraction of sp³-hybridized carbons (Fsp3) is 0.526. The van der Waals surface area contributed by atoms with E-state index in [0.29, 0.717) is 41.1 Å². The molecule has 2 aliphatic heterocycles. The molecule has 2 fully saturated rings. The molecular weight excluding hydrogens is 370 g/mol. The maximum absolute atomic E-state index is 14.6. The number of rotatable bonds is 5. The van der Waals surface area contributed by atoms with Crippen molar-refractivity contribution in [2.24, 2.45) is 21.6 Å². The van der Waals surface area contributed by atoms with Crippen molar-refractivity contribution >= 4 is 28.9 Å². The Hall–Kier alpha value is -1.80. The maximum Gasteiger partial charge on any atom is 0.154 e. The standard InChI is InChI=1S/C19H22F2N4OS/c20-12-1-4-14(15(21)8-12)19-10-26-17(7-11(19)9-27-18(23)25-19)16(22)5-6-24-13-2-3-13/h1,4,6,8,11,13,17,22H,2-3,5,7,9-10H2,(H2,23,25). The van der Waals surface area contributed by atoms with Gasteiger partial charge in [0.05, 0.1) is 12.7 Å².